The first-order valence-corrected chi connectivity index (χ1v) is 33.3. The van der Waals surface area contributed by atoms with Gasteiger partial charge in [0, 0.05) is 19.3 Å². The molecule has 0 aliphatic carbocycles. The molecule has 0 spiro atoms. The molecule has 0 aliphatic rings. The Bertz CT molecular complexity index is 1360. The molecule has 76 heavy (non-hydrogen) atoms. The number of hydrogen-bond acceptors (Lipinski definition) is 6. The summed E-state index contributed by atoms with van der Waals surface area (Å²) < 4.78 is 17.0. The van der Waals surface area contributed by atoms with Gasteiger partial charge in [-0.1, -0.05) is 281 Å². The van der Waals surface area contributed by atoms with E-state index in [4.69, 9.17) is 14.2 Å². The summed E-state index contributed by atoms with van der Waals surface area (Å²) in [5, 5.41) is 0. The Morgan fingerprint density at radius 3 is 0.750 bits per heavy atom. The molecule has 1 unspecified atom stereocenters. The van der Waals surface area contributed by atoms with E-state index in [9.17, 15) is 14.4 Å². The summed E-state index contributed by atoms with van der Waals surface area (Å²) in [7, 11) is 0. The molecule has 0 aromatic carbocycles. The van der Waals surface area contributed by atoms with Gasteiger partial charge in [-0.2, -0.15) is 0 Å². The molecule has 0 rings (SSSR count). The summed E-state index contributed by atoms with van der Waals surface area (Å²) in [6, 6.07) is 0. The molecule has 6 nitrogen and oxygen atoms in total. The fourth-order valence-electron chi connectivity index (χ4n) is 9.68. The highest BCUT2D eigenvalue weighted by atomic mass is 16.6. The SMILES string of the molecule is CCCCCCC/C=C\C/C=C\C/C=C\CCCCCCCCC(=O)OCC(COC(=O)CCCCCCC/C=C\CCCCCCCCC)OC(=O)CCCCCCCCCCC/C=C\CCCCCCCCCC. The third-order valence-electron chi connectivity index (χ3n) is 14.7. The molecule has 0 aromatic heterocycles. The van der Waals surface area contributed by atoms with Crippen LogP contribution in [-0.4, -0.2) is 37.2 Å². The van der Waals surface area contributed by atoms with Crippen molar-refractivity contribution in [3.8, 4) is 0 Å². The number of hydrogen-bond donors (Lipinski definition) is 0. The van der Waals surface area contributed by atoms with Crippen LogP contribution in [0.4, 0.5) is 0 Å². The van der Waals surface area contributed by atoms with Crippen LogP contribution in [-0.2, 0) is 28.6 Å². The monoisotopic (exact) mass is 1060 g/mol. The van der Waals surface area contributed by atoms with Crippen molar-refractivity contribution in [1.29, 1.82) is 0 Å². The Morgan fingerprint density at radius 2 is 0.474 bits per heavy atom. The zero-order valence-corrected chi connectivity index (χ0v) is 50.8. The van der Waals surface area contributed by atoms with Gasteiger partial charge in [-0.25, -0.2) is 0 Å². The molecule has 442 valence electrons. The third kappa shape index (κ3) is 62.0. The van der Waals surface area contributed by atoms with E-state index in [1.54, 1.807) is 0 Å². The van der Waals surface area contributed by atoms with Crippen LogP contribution in [0.15, 0.2) is 60.8 Å². The van der Waals surface area contributed by atoms with Crippen LogP contribution in [0.25, 0.3) is 0 Å². The Hall–Kier alpha value is -2.89. The number of carbonyl (C=O) groups excluding carboxylic acids is 3. The average Bonchev–Trinajstić information content (AvgIpc) is 3.42. The number of rotatable bonds is 61. The van der Waals surface area contributed by atoms with Crippen molar-refractivity contribution in [1.82, 2.24) is 0 Å². The Morgan fingerprint density at radius 1 is 0.263 bits per heavy atom. The van der Waals surface area contributed by atoms with Crippen LogP contribution in [0, 0.1) is 0 Å². The van der Waals surface area contributed by atoms with Crippen molar-refractivity contribution in [2.75, 3.05) is 13.2 Å². The molecule has 0 aromatic rings. The molecule has 0 fully saturated rings. The molecule has 6 heteroatoms. The van der Waals surface area contributed by atoms with Gasteiger partial charge < -0.3 is 14.2 Å². The van der Waals surface area contributed by atoms with Crippen LogP contribution >= 0.6 is 0 Å². The number of carbonyl (C=O) groups is 3. The molecule has 0 amide bonds. The quantitative estimate of drug-likeness (QED) is 0.0261. The zero-order valence-electron chi connectivity index (χ0n) is 50.8. The second-order valence-corrected chi connectivity index (χ2v) is 22.4. The van der Waals surface area contributed by atoms with Crippen molar-refractivity contribution in [3.05, 3.63) is 60.8 Å². The lowest BCUT2D eigenvalue weighted by Gasteiger charge is -2.18. The predicted molar refractivity (Wildman–Crippen MR) is 330 cm³/mol. The van der Waals surface area contributed by atoms with E-state index < -0.39 is 6.10 Å². The standard InChI is InChI=1S/C70H126O6/c1-4-7-10-13-16-19-22-25-28-31-33-35-37-39-42-45-48-51-54-57-60-63-69(72)75-66-67(65-74-68(71)62-59-56-53-50-47-44-41-30-27-24-21-18-15-12-9-6-3)76-70(73)64-61-58-55-52-49-46-43-40-38-36-34-32-29-26-23-20-17-14-11-8-5-2/h22,25,30-34,37,39,41,67H,4-21,23-24,26-29,35-36,38,40,42-66H2,1-3H3/b25-22-,33-31-,34-32-,39-37-,41-30-. The van der Waals surface area contributed by atoms with Gasteiger partial charge in [0.1, 0.15) is 13.2 Å². The minimum atomic E-state index is -0.786. The maximum Gasteiger partial charge on any atom is 0.306 e. The summed E-state index contributed by atoms with van der Waals surface area (Å²) in [5.41, 5.74) is 0. The molecule has 0 heterocycles. The van der Waals surface area contributed by atoms with E-state index in [0.29, 0.717) is 19.3 Å². The number of ether oxygens (including phenoxy) is 3. The van der Waals surface area contributed by atoms with Gasteiger partial charge in [-0.3, -0.25) is 14.4 Å². The van der Waals surface area contributed by atoms with Crippen LogP contribution < -0.4 is 0 Å². The highest BCUT2D eigenvalue weighted by Gasteiger charge is 2.19. The number of allylic oxidation sites excluding steroid dienone is 10. The van der Waals surface area contributed by atoms with E-state index >= 15 is 0 Å². The Labute approximate surface area is 472 Å². The molecule has 0 radical (unpaired) electrons. The van der Waals surface area contributed by atoms with Gasteiger partial charge in [0.25, 0.3) is 0 Å². The van der Waals surface area contributed by atoms with Gasteiger partial charge in [-0.05, 0) is 109 Å². The Balaban J connectivity index is 4.38. The summed E-state index contributed by atoms with van der Waals surface area (Å²) in [5.74, 6) is -0.886. The topological polar surface area (TPSA) is 78.9 Å². The highest BCUT2D eigenvalue weighted by Crippen LogP contribution is 2.16. The number of esters is 3. The van der Waals surface area contributed by atoms with Gasteiger partial charge in [0.15, 0.2) is 6.10 Å². The summed E-state index contributed by atoms with van der Waals surface area (Å²) in [6.07, 6.45) is 82.2. The molecule has 1 atom stereocenters. The minimum Gasteiger partial charge on any atom is -0.462 e. The van der Waals surface area contributed by atoms with Crippen LogP contribution in [0.3, 0.4) is 0 Å². The lowest BCUT2D eigenvalue weighted by molar-refractivity contribution is -0.167. The van der Waals surface area contributed by atoms with Crippen molar-refractivity contribution in [3.63, 3.8) is 0 Å². The highest BCUT2D eigenvalue weighted by molar-refractivity contribution is 5.71. The van der Waals surface area contributed by atoms with Gasteiger partial charge in [-0.15, -0.1) is 0 Å². The minimum absolute atomic E-state index is 0.0819. The first-order chi connectivity index (χ1) is 37.5. The van der Waals surface area contributed by atoms with E-state index in [1.165, 1.54) is 225 Å². The summed E-state index contributed by atoms with van der Waals surface area (Å²) in [6.45, 7) is 6.65. The van der Waals surface area contributed by atoms with Crippen molar-refractivity contribution < 1.29 is 28.6 Å². The summed E-state index contributed by atoms with van der Waals surface area (Å²) in [4.78, 5) is 38.4. The Kier molecular flexibility index (Phi) is 62.2. The third-order valence-corrected chi connectivity index (χ3v) is 14.7. The fraction of sp³-hybridized carbons (Fsp3) is 0.814. The molecule has 0 saturated heterocycles. The van der Waals surface area contributed by atoms with Gasteiger partial charge in [0.2, 0.25) is 0 Å². The summed E-state index contributed by atoms with van der Waals surface area (Å²) >= 11 is 0. The average molecular weight is 1060 g/mol. The van der Waals surface area contributed by atoms with Gasteiger partial charge >= 0.3 is 17.9 Å². The largest absolute Gasteiger partial charge is 0.462 e. The second kappa shape index (κ2) is 64.6. The smallest absolute Gasteiger partial charge is 0.306 e. The van der Waals surface area contributed by atoms with Crippen LogP contribution in [0.5, 0.6) is 0 Å². The maximum atomic E-state index is 12.9. The maximum absolute atomic E-state index is 12.9. The molecule has 0 bridgehead atoms. The second-order valence-electron chi connectivity index (χ2n) is 22.4. The number of unbranched alkanes of at least 4 members (excludes halogenated alkanes) is 40. The lowest BCUT2D eigenvalue weighted by atomic mass is 10.1. The van der Waals surface area contributed by atoms with Crippen molar-refractivity contribution >= 4 is 17.9 Å². The molecule has 0 N–H and O–H groups in total. The normalized spacial score (nSPS) is 12.4. The van der Waals surface area contributed by atoms with Crippen molar-refractivity contribution in [2.45, 2.75) is 354 Å². The first kappa shape index (κ1) is 73.1. The molecule has 0 saturated carbocycles. The van der Waals surface area contributed by atoms with Crippen molar-refractivity contribution in [2.24, 2.45) is 0 Å². The fourth-order valence-corrected chi connectivity index (χ4v) is 9.68. The van der Waals surface area contributed by atoms with E-state index in [-0.39, 0.29) is 31.1 Å². The molecular formula is C70H126O6. The van der Waals surface area contributed by atoms with E-state index in [2.05, 4.69) is 81.5 Å². The molecule has 0 aliphatic heterocycles. The van der Waals surface area contributed by atoms with Crippen LogP contribution in [0.1, 0.15) is 348 Å². The van der Waals surface area contributed by atoms with Crippen LogP contribution in [0.2, 0.25) is 0 Å². The first-order valence-electron chi connectivity index (χ1n) is 33.3. The molecular weight excluding hydrogens is 937 g/mol. The van der Waals surface area contributed by atoms with E-state index in [1.807, 2.05) is 0 Å². The van der Waals surface area contributed by atoms with Gasteiger partial charge in [0.05, 0.1) is 0 Å². The lowest BCUT2D eigenvalue weighted by Crippen LogP contribution is -2.30. The zero-order chi connectivity index (χ0) is 55.0. The predicted octanol–water partition coefficient (Wildman–Crippen LogP) is 22.7. The van der Waals surface area contributed by atoms with E-state index in [0.717, 1.165) is 83.5 Å².